The maximum absolute atomic E-state index is 14.0. The first-order valence-corrected chi connectivity index (χ1v) is 14.4. The normalized spacial score (nSPS) is 12.8. The first-order chi connectivity index (χ1) is 18.4. The molecule has 0 heterocycles. The molecule has 2 unspecified atom stereocenters. The van der Waals surface area contributed by atoms with Gasteiger partial charge in [0.15, 0.2) is 0 Å². The van der Waals surface area contributed by atoms with E-state index in [4.69, 9.17) is 16.3 Å². The van der Waals surface area contributed by atoms with Gasteiger partial charge in [-0.1, -0.05) is 79.7 Å². The van der Waals surface area contributed by atoms with Crippen molar-refractivity contribution in [3.8, 4) is 0 Å². The zero-order valence-corrected chi connectivity index (χ0v) is 25.5. The molecular weight excluding hydrogens is 534 g/mol. The highest BCUT2D eigenvalue weighted by atomic mass is 35.5. The lowest BCUT2D eigenvalue weighted by molar-refractivity contribution is -0.140. The number of hydrogen-bond donors (Lipinski definition) is 3. The summed E-state index contributed by atoms with van der Waals surface area (Å²) in [7, 11) is 0. The monoisotopic (exact) mass is 575 g/mol. The van der Waals surface area contributed by atoms with Gasteiger partial charge in [0.2, 0.25) is 5.91 Å². The molecule has 3 amide bonds. The van der Waals surface area contributed by atoms with E-state index in [2.05, 4.69) is 30.2 Å². The lowest BCUT2D eigenvalue weighted by Gasteiger charge is -2.34. The van der Waals surface area contributed by atoms with Gasteiger partial charge in [-0.3, -0.25) is 9.59 Å². The van der Waals surface area contributed by atoms with Gasteiger partial charge < -0.3 is 20.3 Å². The van der Waals surface area contributed by atoms with Gasteiger partial charge in [0.1, 0.15) is 17.7 Å². The lowest BCUT2D eigenvalue weighted by Crippen LogP contribution is -2.53. The van der Waals surface area contributed by atoms with Crippen molar-refractivity contribution in [1.29, 1.82) is 0 Å². The number of amides is 3. The van der Waals surface area contributed by atoms with E-state index in [0.29, 0.717) is 29.2 Å². The van der Waals surface area contributed by atoms with Gasteiger partial charge in [0.05, 0.1) is 10.7 Å². The summed E-state index contributed by atoms with van der Waals surface area (Å²) < 4.78 is 5.38. The Morgan fingerprint density at radius 3 is 2.26 bits per heavy atom. The molecule has 9 heteroatoms. The number of nitrogens with zero attached hydrogens (tertiary/aromatic N) is 1. The SMILES string of the molecule is CCCCCCN(C(=O)C(CS)NC(=O)OC(C)(C)C)C(C(=O)Nc1c(C)cccc1Cl)c1ccc(C)cc1. The van der Waals surface area contributed by atoms with Crippen molar-refractivity contribution in [2.75, 3.05) is 17.6 Å². The van der Waals surface area contributed by atoms with Crippen LogP contribution in [0.1, 0.15) is 76.1 Å². The molecule has 0 aromatic heterocycles. The van der Waals surface area contributed by atoms with E-state index < -0.39 is 35.6 Å². The Bertz CT molecular complexity index is 1100. The molecule has 0 bridgehead atoms. The second-order valence-electron chi connectivity index (χ2n) is 10.7. The van der Waals surface area contributed by atoms with Crippen molar-refractivity contribution >= 4 is 47.8 Å². The maximum Gasteiger partial charge on any atom is 0.408 e. The molecule has 0 aliphatic carbocycles. The van der Waals surface area contributed by atoms with Gasteiger partial charge in [-0.15, -0.1) is 0 Å². The molecule has 0 fully saturated rings. The number of thiol groups is 1. The summed E-state index contributed by atoms with van der Waals surface area (Å²) in [6.45, 7) is 11.5. The number of hydrogen-bond acceptors (Lipinski definition) is 5. The molecule has 0 saturated carbocycles. The largest absolute Gasteiger partial charge is 0.444 e. The third-order valence-corrected chi connectivity index (χ3v) is 6.81. The number of nitrogens with one attached hydrogen (secondary N) is 2. The first kappa shape index (κ1) is 32.5. The van der Waals surface area contributed by atoms with E-state index in [0.717, 1.165) is 30.4 Å². The fourth-order valence-corrected chi connectivity index (χ4v) is 4.63. The summed E-state index contributed by atoms with van der Waals surface area (Å²) in [4.78, 5) is 42.1. The van der Waals surface area contributed by atoms with E-state index >= 15 is 0 Å². The third kappa shape index (κ3) is 10.1. The van der Waals surface area contributed by atoms with Gasteiger partial charge in [-0.2, -0.15) is 12.6 Å². The Morgan fingerprint density at radius 1 is 1.03 bits per heavy atom. The number of para-hydroxylation sites is 1. The van der Waals surface area contributed by atoms with Crippen LogP contribution in [0.25, 0.3) is 0 Å². The number of rotatable bonds is 12. The Kier molecular flexibility index (Phi) is 12.6. The number of halogens is 1. The van der Waals surface area contributed by atoms with Gasteiger partial charge in [-0.25, -0.2) is 4.79 Å². The molecular formula is C30H42ClN3O4S. The second-order valence-corrected chi connectivity index (χ2v) is 11.5. The molecule has 7 nitrogen and oxygen atoms in total. The predicted octanol–water partition coefficient (Wildman–Crippen LogP) is 6.87. The Morgan fingerprint density at radius 2 is 1.69 bits per heavy atom. The summed E-state index contributed by atoms with van der Waals surface area (Å²) in [5.74, 6) is -0.770. The molecule has 2 aromatic carbocycles. The van der Waals surface area contributed by atoms with E-state index in [-0.39, 0.29) is 5.75 Å². The summed E-state index contributed by atoms with van der Waals surface area (Å²) >= 11 is 10.8. The van der Waals surface area contributed by atoms with E-state index in [1.165, 1.54) is 0 Å². The van der Waals surface area contributed by atoms with Crippen LogP contribution in [0.15, 0.2) is 42.5 Å². The van der Waals surface area contributed by atoms with Crippen LogP contribution >= 0.6 is 24.2 Å². The molecule has 0 radical (unpaired) electrons. The Labute approximate surface area is 243 Å². The van der Waals surface area contributed by atoms with Crippen molar-refractivity contribution in [3.05, 3.63) is 64.2 Å². The number of carbonyl (C=O) groups is 3. The first-order valence-electron chi connectivity index (χ1n) is 13.4. The second kappa shape index (κ2) is 15.2. The molecule has 214 valence electrons. The standard InChI is InChI=1S/C30H42ClN3O4S/c1-7-8-9-10-18-34(28(36)24(19-39)32-29(37)38-30(4,5)6)26(22-16-14-20(2)15-17-22)27(35)33-25-21(3)12-11-13-23(25)31/h11-17,24,26,39H,7-10,18-19H2,1-6H3,(H,32,37)(H,33,35). The number of benzene rings is 2. The van der Waals surface area contributed by atoms with Crippen molar-refractivity contribution in [2.24, 2.45) is 0 Å². The van der Waals surface area contributed by atoms with Crippen LogP contribution in [-0.2, 0) is 14.3 Å². The van der Waals surface area contributed by atoms with Crippen LogP contribution in [0.4, 0.5) is 10.5 Å². The molecule has 0 spiro atoms. The third-order valence-electron chi connectivity index (χ3n) is 6.13. The molecule has 0 aliphatic heterocycles. The number of aryl methyl sites for hydroxylation is 2. The van der Waals surface area contributed by atoms with Crippen molar-refractivity contribution in [3.63, 3.8) is 0 Å². The zero-order valence-electron chi connectivity index (χ0n) is 23.8. The van der Waals surface area contributed by atoms with Crippen molar-refractivity contribution in [2.45, 2.75) is 84.9 Å². The van der Waals surface area contributed by atoms with Gasteiger partial charge in [0, 0.05) is 12.3 Å². The average Bonchev–Trinajstić information content (AvgIpc) is 2.86. The van der Waals surface area contributed by atoms with Crippen molar-refractivity contribution < 1.29 is 19.1 Å². The molecule has 0 aliphatic rings. The summed E-state index contributed by atoms with van der Waals surface area (Å²) in [6, 6.07) is 10.9. The highest BCUT2D eigenvalue weighted by molar-refractivity contribution is 7.80. The molecule has 2 N–H and O–H groups in total. The van der Waals surface area contributed by atoms with E-state index in [9.17, 15) is 14.4 Å². The number of anilines is 1. The molecule has 39 heavy (non-hydrogen) atoms. The zero-order chi connectivity index (χ0) is 29.2. The topological polar surface area (TPSA) is 87.7 Å². The minimum absolute atomic E-state index is 0.0371. The fraction of sp³-hybridized carbons (Fsp3) is 0.500. The minimum atomic E-state index is -0.989. The van der Waals surface area contributed by atoms with Crippen LogP contribution in [0.2, 0.25) is 5.02 Å². The van der Waals surface area contributed by atoms with E-state index in [1.807, 2.05) is 50.2 Å². The quantitative estimate of drug-likeness (QED) is 0.190. The van der Waals surface area contributed by atoms with Gasteiger partial charge >= 0.3 is 6.09 Å². The smallest absolute Gasteiger partial charge is 0.408 e. The van der Waals surface area contributed by atoms with Gasteiger partial charge in [-0.05, 0) is 58.2 Å². The maximum atomic E-state index is 14.0. The fourth-order valence-electron chi connectivity index (χ4n) is 4.11. The summed E-state index contributed by atoms with van der Waals surface area (Å²) in [6.07, 6.45) is 2.92. The van der Waals surface area contributed by atoms with Crippen LogP contribution < -0.4 is 10.6 Å². The van der Waals surface area contributed by atoms with Crippen molar-refractivity contribution in [1.82, 2.24) is 10.2 Å². The van der Waals surface area contributed by atoms with Gasteiger partial charge in [0.25, 0.3) is 5.91 Å². The van der Waals surface area contributed by atoms with Crippen LogP contribution in [0.3, 0.4) is 0 Å². The van der Waals surface area contributed by atoms with Crippen LogP contribution in [0.5, 0.6) is 0 Å². The Balaban J connectivity index is 2.50. The molecule has 2 aromatic rings. The number of unbranched alkanes of at least 4 members (excludes halogenated alkanes) is 3. The molecule has 2 atom stereocenters. The molecule has 2 rings (SSSR count). The number of carbonyl (C=O) groups excluding carboxylic acids is 3. The predicted molar refractivity (Wildman–Crippen MR) is 162 cm³/mol. The summed E-state index contributed by atoms with van der Waals surface area (Å²) in [5.41, 5.74) is 2.25. The summed E-state index contributed by atoms with van der Waals surface area (Å²) in [5, 5.41) is 6.02. The lowest BCUT2D eigenvalue weighted by atomic mass is 10.0. The average molecular weight is 576 g/mol. The number of ether oxygens (including phenoxy) is 1. The van der Waals surface area contributed by atoms with Crippen LogP contribution in [-0.4, -0.2) is 46.7 Å². The highest BCUT2D eigenvalue weighted by Crippen LogP contribution is 2.30. The minimum Gasteiger partial charge on any atom is -0.444 e. The highest BCUT2D eigenvalue weighted by Gasteiger charge is 2.36. The molecule has 0 saturated heterocycles. The van der Waals surface area contributed by atoms with Crippen LogP contribution in [0, 0.1) is 13.8 Å². The number of alkyl carbamates (subject to hydrolysis) is 1. The Hall–Kier alpha value is -2.71. The van der Waals surface area contributed by atoms with E-state index in [1.54, 1.807) is 31.7 Å².